The number of hydrogen-bond acceptors (Lipinski definition) is 3. The van der Waals surface area contributed by atoms with Crippen molar-refractivity contribution in [2.45, 2.75) is 19.9 Å². The number of nitrogens with zero attached hydrogens (tertiary/aromatic N) is 2. The van der Waals surface area contributed by atoms with Crippen LogP contribution in [0, 0.1) is 6.92 Å². The lowest BCUT2D eigenvalue weighted by Crippen LogP contribution is -2.23. The highest BCUT2D eigenvalue weighted by atomic mass is 79.9. The summed E-state index contributed by atoms with van der Waals surface area (Å²) in [5.74, 6) is -0.151. The van der Waals surface area contributed by atoms with Gasteiger partial charge in [0.25, 0.3) is 5.56 Å². The van der Waals surface area contributed by atoms with E-state index < -0.39 is 0 Å². The van der Waals surface area contributed by atoms with Crippen molar-refractivity contribution in [1.82, 2.24) is 9.55 Å². The Bertz CT molecular complexity index is 1010. The lowest BCUT2D eigenvalue weighted by atomic mass is 10.2. The highest BCUT2D eigenvalue weighted by Gasteiger charge is 2.09. The van der Waals surface area contributed by atoms with Crippen LogP contribution >= 0.6 is 31.9 Å². The molecular weight excluding hydrogens is 450 g/mol. The van der Waals surface area contributed by atoms with E-state index >= 15 is 0 Å². The molecule has 1 amide bonds. The van der Waals surface area contributed by atoms with Gasteiger partial charge in [-0.2, -0.15) is 0 Å². The number of aryl methyl sites for hydroxylation is 2. The van der Waals surface area contributed by atoms with E-state index in [1.54, 1.807) is 12.1 Å². The number of rotatable bonds is 4. The summed E-state index contributed by atoms with van der Waals surface area (Å²) in [6.45, 7) is 2.20. The first kappa shape index (κ1) is 17.8. The average Bonchev–Trinajstić information content (AvgIpc) is 2.58. The number of benzene rings is 2. The largest absolute Gasteiger partial charge is 0.326 e. The molecule has 0 bridgehead atoms. The Hall–Kier alpha value is -1.99. The molecule has 0 saturated heterocycles. The van der Waals surface area contributed by atoms with Crippen molar-refractivity contribution < 1.29 is 4.79 Å². The van der Waals surface area contributed by atoms with Crippen molar-refractivity contribution in [2.24, 2.45) is 0 Å². The van der Waals surface area contributed by atoms with Crippen LogP contribution in [-0.2, 0) is 11.3 Å². The van der Waals surface area contributed by atoms with Crippen LogP contribution in [0.2, 0.25) is 0 Å². The summed E-state index contributed by atoms with van der Waals surface area (Å²) in [4.78, 5) is 29.0. The summed E-state index contributed by atoms with van der Waals surface area (Å²) < 4.78 is 3.18. The third-order valence-electron chi connectivity index (χ3n) is 3.84. The van der Waals surface area contributed by atoms with E-state index in [2.05, 4.69) is 42.2 Å². The molecule has 3 rings (SSSR count). The Labute approximate surface area is 161 Å². The summed E-state index contributed by atoms with van der Waals surface area (Å²) in [7, 11) is 0. The Morgan fingerprint density at radius 2 is 1.88 bits per heavy atom. The quantitative estimate of drug-likeness (QED) is 0.627. The van der Waals surface area contributed by atoms with E-state index in [1.807, 2.05) is 31.2 Å². The summed E-state index contributed by atoms with van der Waals surface area (Å²) in [6.07, 6.45) is 1.67. The zero-order valence-corrected chi connectivity index (χ0v) is 16.6. The Kier molecular flexibility index (Phi) is 5.34. The van der Waals surface area contributed by atoms with Gasteiger partial charge in [-0.25, -0.2) is 4.98 Å². The molecule has 0 unspecified atom stereocenters. The van der Waals surface area contributed by atoms with Crippen LogP contribution < -0.4 is 10.9 Å². The molecule has 1 N–H and O–H groups in total. The number of carbonyl (C=O) groups excluding carboxylic acids is 1. The van der Waals surface area contributed by atoms with Crippen molar-refractivity contribution in [2.75, 3.05) is 5.32 Å². The SMILES string of the molecule is Cc1ccc(Br)cc1NC(=O)CCn1cnc2ccc(Br)cc2c1=O. The molecular formula is C18H15Br2N3O2. The molecule has 0 atom stereocenters. The number of carbonyl (C=O) groups is 1. The lowest BCUT2D eigenvalue weighted by molar-refractivity contribution is -0.116. The monoisotopic (exact) mass is 463 g/mol. The third-order valence-corrected chi connectivity index (χ3v) is 4.83. The second-order valence-corrected chi connectivity index (χ2v) is 7.49. The van der Waals surface area contributed by atoms with Crippen molar-refractivity contribution in [3.8, 4) is 0 Å². The highest BCUT2D eigenvalue weighted by Crippen LogP contribution is 2.20. The number of halogens is 2. The second kappa shape index (κ2) is 7.49. The van der Waals surface area contributed by atoms with E-state index in [4.69, 9.17) is 0 Å². The molecule has 3 aromatic rings. The van der Waals surface area contributed by atoms with Crippen molar-refractivity contribution in [3.63, 3.8) is 0 Å². The number of fused-ring (bicyclic) bond motifs is 1. The van der Waals surface area contributed by atoms with E-state index in [1.165, 1.54) is 10.9 Å². The number of anilines is 1. The van der Waals surface area contributed by atoms with E-state index in [0.717, 1.165) is 20.2 Å². The van der Waals surface area contributed by atoms with Crippen molar-refractivity contribution in [1.29, 1.82) is 0 Å². The van der Waals surface area contributed by atoms with Gasteiger partial charge in [0.2, 0.25) is 5.91 Å². The molecule has 5 nitrogen and oxygen atoms in total. The first-order valence-corrected chi connectivity index (χ1v) is 9.23. The minimum atomic E-state index is -0.155. The zero-order valence-electron chi connectivity index (χ0n) is 13.4. The van der Waals surface area contributed by atoms with Gasteiger partial charge in [0, 0.05) is 27.6 Å². The van der Waals surface area contributed by atoms with Crippen LogP contribution in [0.5, 0.6) is 0 Å². The van der Waals surface area contributed by atoms with Gasteiger partial charge < -0.3 is 5.32 Å². The summed E-state index contributed by atoms with van der Waals surface area (Å²) in [5, 5.41) is 3.40. The normalized spacial score (nSPS) is 10.8. The minimum absolute atomic E-state index is 0.151. The van der Waals surface area contributed by atoms with Crippen LogP contribution in [0.1, 0.15) is 12.0 Å². The van der Waals surface area contributed by atoms with Gasteiger partial charge in [0.05, 0.1) is 17.2 Å². The number of amides is 1. The molecule has 0 aliphatic rings. The maximum Gasteiger partial charge on any atom is 0.261 e. The molecule has 25 heavy (non-hydrogen) atoms. The van der Waals surface area contributed by atoms with Gasteiger partial charge in [-0.05, 0) is 42.8 Å². The topological polar surface area (TPSA) is 64.0 Å². The maximum absolute atomic E-state index is 12.5. The van der Waals surface area contributed by atoms with Gasteiger partial charge in [-0.3, -0.25) is 14.2 Å². The molecule has 128 valence electrons. The Morgan fingerprint density at radius 1 is 1.16 bits per heavy atom. The van der Waals surface area contributed by atoms with E-state index in [-0.39, 0.29) is 24.4 Å². The van der Waals surface area contributed by atoms with Gasteiger partial charge in [0.1, 0.15) is 0 Å². The van der Waals surface area contributed by atoms with Crippen LogP contribution in [0.4, 0.5) is 5.69 Å². The predicted octanol–water partition coefficient (Wildman–Crippen LogP) is 4.26. The van der Waals surface area contributed by atoms with Gasteiger partial charge in [-0.15, -0.1) is 0 Å². The molecule has 2 aromatic carbocycles. The molecule has 0 saturated carbocycles. The molecule has 7 heteroatoms. The summed E-state index contributed by atoms with van der Waals surface area (Å²) >= 11 is 6.75. The molecule has 0 spiro atoms. The average molecular weight is 465 g/mol. The second-order valence-electron chi connectivity index (χ2n) is 5.66. The fourth-order valence-electron chi connectivity index (χ4n) is 2.45. The molecule has 0 fully saturated rings. The number of aromatic nitrogens is 2. The van der Waals surface area contributed by atoms with Crippen molar-refractivity contribution in [3.05, 3.63) is 67.6 Å². The van der Waals surface area contributed by atoms with E-state index in [0.29, 0.717) is 10.9 Å². The van der Waals surface area contributed by atoms with Gasteiger partial charge >= 0.3 is 0 Å². The van der Waals surface area contributed by atoms with E-state index in [9.17, 15) is 9.59 Å². The smallest absolute Gasteiger partial charge is 0.261 e. The fourth-order valence-corrected chi connectivity index (χ4v) is 3.18. The Morgan fingerprint density at radius 3 is 2.68 bits per heavy atom. The van der Waals surface area contributed by atoms with Crippen LogP contribution in [0.25, 0.3) is 10.9 Å². The zero-order chi connectivity index (χ0) is 18.0. The summed E-state index contributed by atoms with van der Waals surface area (Å²) in [5.41, 5.74) is 2.22. The van der Waals surface area contributed by atoms with Crippen LogP contribution in [0.3, 0.4) is 0 Å². The Balaban J connectivity index is 1.74. The standard InChI is InChI=1S/C18H15Br2N3O2/c1-11-2-3-13(20)9-16(11)22-17(24)6-7-23-10-21-15-5-4-12(19)8-14(15)18(23)25/h2-5,8-10H,6-7H2,1H3,(H,22,24). The molecule has 0 radical (unpaired) electrons. The van der Waals surface area contributed by atoms with Gasteiger partial charge in [-0.1, -0.05) is 37.9 Å². The highest BCUT2D eigenvalue weighted by molar-refractivity contribution is 9.10. The maximum atomic E-state index is 12.5. The predicted molar refractivity (Wildman–Crippen MR) is 106 cm³/mol. The molecule has 1 heterocycles. The van der Waals surface area contributed by atoms with Crippen LogP contribution in [-0.4, -0.2) is 15.5 Å². The minimum Gasteiger partial charge on any atom is -0.326 e. The van der Waals surface area contributed by atoms with Crippen molar-refractivity contribution >= 4 is 54.4 Å². The first-order valence-electron chi connectivity index (χ1n) is 7.65. The molecule has 0 aliphatic heterocycles. The number of hydrogen-bond donors (Lipinski definition) is 1. The number of nitrogens with one attached hydrogen (secondary N) is 1. The van der Waals surface area contributed by atoms with Crippen LogP contribution in [0.15, 0.2) is 56.5 Å². The first-order chi connectivity index (χ1) is 11.9. The lowest BCUT2D eigenvalue weighted by Gasteiger charge is -2.10. The molecule has 1 aromatic heterocycles. The fraction of sp³-hybridized carbons (Fsp3) is 0.167. The molecule has 0 aliphatic carbocycles. The third kappa shape index (κ3) is 4.16. The van der Waals surface area contributed by atoms with Gasteiger partial charge in [0.15, 0.2) is 0 Å². The summed E-state index contributed by atoms with van der Waals surface area (Å²) in [6, 6.07) is 11.1.